The minimum absolute atomic E-state index is 0.205. The smallest absolute Gasteiger partial charge is 0.173 e. The Labute approximate surface area is 104 Å². The van der Waals surface area contributed by atoms with Gasteiger partial charge in [-0.3, -0.25) is 0 Å². The fraction of sp³-hybridized carbons (Fsp3) is 0.455. The van der Waals surface area contributed by atoms with E-state index in [4.69, 9.17) is 9.47 Å². The van der Waals surface area contributed by atoms with Gasteiger partial charge in [0.1, 0.15) is 0 Å². The van der Waals surface area contributed by atoms with Crippen LogP contribution in [0.1, 0.15) is 5.56 Å². The standard InChI is InChI=1S/C11H16INO2/c1-8-4-5-9(6-10(8)12)13-7-11(14-2)15-3/h4-6,11,13H,7H2,1-3H3. The van der Waals surface area contributed by atoms with Gasteiger partial charge in [0.2, 0.25) is 0 Å². The van der Waals surface area contributed by atoms with E-state index in [0.717, 1.165) is 5.69 Å². The summed E-state index contributed by atoms with van der Waals surface area (Å²) in [4.78, 5) is 0. The van der Waals surface area contributed by atoms with Crippen LogP contribution in [0.5, 0.6) is 0 Å². The molecule has 1 aromatic rings. The number of aryl methyl sites for hydroxylation is 1. The van der Waals surface area contributed by atoms with Crippen LogP contribution < -0.4 is 5.32 Å². The third kappa shape index (κ3) is 3.96. The molecule has 0 aliphatic carbocycles. The second kappa shape index (κ2) is 6.30. The van der Waals surface area contributed by atoms with Crippen LogP contribution in [-0.4, -0.2) is 27.1 Å². The van der Waals surface area contributed by atoms with E-state index in [1.54, 1.807) is 14.2 Å². The largest absolute Gasteiger partial charge is 0.380 e. The summed E-state index contributed by atoms with van der Waals surface area (Å²) in [6.07, 6.45) is -0.205. The second-order valence-corrected chi connectivity index (χ2v) is 4.41. The molecule has 0 aromatic heterocycles. The minimum Gasteiger partial charge on any atom is -0.380 e. The van der Waals surface area contributed by atoms with E-state index in [1.165, 1.54) is 9.13 Å². The lowest BCUT2D eigenvalue weighted by Gasteiger charge is -2.15. The molecule has 0 radical (unpaired) electrons. The van der Waals surface area contributed by atoms with Crippen molar-refractivity contribution in [2.45, 2.75) is 13.2 Å². The normalized spacial score (nSPS) is 10.7. The lowest BCUT2D eigenvalue weighted by molar-refractivity contribution is -0.0914. The van der Waals surface area contributed by atoms with E-state index in [1.807, 2.05) is 0 Å². The Hall–Kier alpha value is -0.330. The van der Waals surface area contributed by atoms with Gasteiger partial charge in [-0.05, 0) is 47.2 Å². The molecule has 1 N–H and O–H groups in total. The Bertz CT molecular complexity index is 313. The lowest BCUT2D eigenvalue weighted by atomic mass is 10.2. The van der Waals surface area contributed by atoms with Crippen LogP contribution in [-0.2, 0) is 9.47 Å². The summed E-state index contributed by atoms with van der Waals surface area (Å²) in [6, 6.07) is 6.26. The molecule has 0 spiro atoms. The molecule has 0 aliphatic heterocycles. The summed E-state index contributed by atoms with van der Waals surface area (Å²) in [6.45, 7) is 2.74. The Morgan fingerprint density at radius 1 is 1.33 bits per heavy atom. The van der Waals surface area contributed by atoms with Gasteiger partial charge in [0.15, 0.2) is 6.29 Å². The van der Waals surface area contributed by atoms with E-state index in [2.05, 4.69) is 53.0 Å². The molecule has 15 heavy (non-hydrogen) atoms. The van der Waals surface area contributed by atoms with Crippen LogP contribution in [0.4, 0.5) is 5.69 Å². The number of rotatable bonds is 5. The molecular formula is C11H16INO2. The van der Waals surface area contributed by atoms with Crippen LogP contribution in [0.15, 0.2) is 18.2 Å². The first-order valence-electron chi connectivity index (χ1n) is 4.73. The summed E-state index contributed by atoms with van der Waals surface area (Å²) in [5.41, 5.74) is 2.38. The Morgan fingerprint density at radius 2 is 2.00 bits per heavy atom. The zero-order valence-corrected chi connectivity index (χ0v) is 11.4. The summed E-state index contributed by atoms with van der Waals surface area (Å²) in [5, 5.41) is 3.26. The van der Waals surface area contributed by atoms with Gasteiger partial charge in [-0.1, -0.05) is 6.07 Å². The van der Waals surface area contributed by atoms with Crippen molar-refractivity contribution in [3.05, 3.63) is 27.3 Å². The average Bonchev–Trinajstić information content (AvgIpc) is 2.24. The fourth-order valence-electron chi connectivity index (χ4n) is 1.17. The van der Waals surface area contributed by atoms with Crippen molar-refractivity contribution < 1.29 is 9.47 Å². The van der Waals surface area contributed by atoms with Gasteiger partial charge in [-0.25, -0.2) is 0 Å². The van der Waals surface area contributed by atoms with Gasteiger partial charge in [0.25, 0.3) is 0 Å². The van der Waals surface area contributed by atoms with Crippen molar-refractivity contribution in [2.24, 2.45) is 0 Å². The zero-order valence-electron chi connectivity index (χ0n) is 9.21. The highest BCUT2D eigenvalue weighted by Gasteiger charge is 2.04. The Morgan fingerprint density at radius 3 is 2.53 bits per heavy atom. The molecule has 1 rings (SSSR count). The number of benzene rings is 1. The molecule has 0 heterocycles. The van der Waals surface area contributed by atoms with Crippen molar-refractivity contribution in [3.8, 4) is 0 Å². The summed E-state index contributed by atoms with van der Waals surface area (Å²) in [5.74, 6) is 0. The first-order chi connectivity index (χ1) is 7.17. The fourth-order valence-corrected chi connectivity index (χ4v) is 1.68. The summed E-state index contributed by atoms with van der Waals surface area (Å²) in [7, 11) is 3.27. The zero-order chi connectivity index (χ0) is 11.3. The Balaban J connectivity index is 2.54. The maximum atomic E-state index is 5.09. The minimum atomic E-state index is -0.205. The molecule has 0 unspecified atom stereocenters. The predicted octanol–water partition coefficient (Wildman–Crippen LogP) is 2.63. The first kappa shape index (κ1) is 12.7. The number of halogens is 1. The van der Waals surface area contributed by atoms with Gasteiger partial charge < -0.3 is 14.8 Å². The van der Waals surface area contributed by atoms with Crippen molar-refractivity contribution in [2.75, 3.05) is 26.1 Å². The van der Waals surface area contributed by atoms with E-state index in [9.17, 15) is 0 Å². The number of hydrogen-bond donors (Lipinski definition) is 1. The molecule has 0 amide bonds. The number of nitrogens with one attached hydrogen (secondary N) is 1. The molecule has 0 saturated heterocycles. The topological polar surface area (TPSA) is 30.5 Å². The highest BCUT2D eigenvalue weighted by atomic mass is 127. The Kier molecular flexibility index (Phi) is 5.35. The first-order valence-corrected chi connectivity index (χ1v) is 5.81. The molecule has 3 nitrogen and oxygen atoms in total. The average molecular weight is 321 g/mol. The monoisotopic (exact) mass is 321 g/mol. The van der Waals surface area contributed by atoms with Gasteiger partial charge in [0.05, 0.1) is 6.54 Å². The van der Waals surface area contributed by atoms with Crippen molar-refractivity contribution in [3.63, 3.8) is 0 Å². The maximum Gasteiger partial charge on any atom is 0.173 e. The molecule has 0 aliphatic rings. The number of methoxy groups -OCH3 is 2. The maximum absolute atomic E-state index is 5.09. The molecule has 1 aromatic carbocycles. The lowest BCUT2D eigenvalue weighted by Crippen LogP contribution is -2.23. The van der Waals surface area contributed by atoms with Crippen LogP contribution in [0.25, 0.3) is 0 Å². The third-order valence-corrected chi connectivity index (χ3v) is 3.33. The SMILES string of the molecule is COC(CNc1ccc(C)c(I)c1)OC. The summed E-state index contributed by atoms with van der Waals surface area (Å²) < 4.78 is 11.4. The van der Waals surface area contributed by atoms with Gasteiger partial charge in [0, 0.05) is 23.5 Å². The highest BCUT2D eigenvalue weighted by molar-refractivity contribution is 14.1. The summed E-state index contributed by atoms with van der Waals surface area (Å²) >= 11 is 2.32. The van der Waals surface area contributed by atoms with Crippen LogP contribution in [0.3, 0.4) is 0 Å². The van der Waals surface area contributed by atoms with E-state index in [-0.39, 0.29) is 6.29 Å². The van der Waals surface area contributed by atoms with E-state index >= 15 is 0 Å². The molecule has 4 heteroatoms. The van der Waals surface area contributed by atoms with E-state index < -0.39 is 0 Å². The predicted molar refractivity (Wildman–Crippen MR) is 70.2 cm³/mol. The molecular weight excluding hydrogens is 305 g/mol. The van der Waals surface area contributed by atoms with Crippen LogP contribution >= 0.6 is 22.6 Å². The van der Waals surface area contributed by atoms with Gasteiger partial charge in [-0.15, -0.1) is 0 Å². The van der Waals surface area contributed by atoms with Gasteiger partial charge in [-0.2, -0.15) is 0 Å². The van der Waals surface area contributed by atoms with Crippen LogP contribution in [0.2, 0.25) is 0 Å². The molecule has 0 fully saturated rings. The second-order valence-electron chi connectivity index (χ2n) is 3.25. The molecule has 0 bridgehead atoms. The molecule has 84 valence electrons. The van der Waals surface area contributed by atoms with Crippen molar-refractivity contribution in [1.82, 2.24) is 0 Å². The van der Waals surface area contributed by atoms with E-state index in [0.29, 0.717) is 6.54 Å². The third-order valence-electron chi connectivity index (χ3n) is 2.17. The molecule has 0 atom stereocenters. The highest BCUT2D eigenvalue weighted by Crippen LogP contribution is 2.17. The van der Waals surface area contributed by atoms with Crippen molar-refractivity contribution >= 4 is 28.3 Å². The number of hydrogen-bond acceptors (Lipinski definition) is 3. The quantitative estimate of drug-likeness (QED) is 0.668. The van der Waals surface area contributed by atoms with Gasteiger partial charge >= 0.3 is 0 Å². The molecule has 0 saturated carbocycles. The van der Waals surface area contributed by atoms with Crippen molar-refractivity contribution in [1.29, 1.82) is 0 Å². The number of anilines is 1. The van der Waals surface area contributed by atoms with Crippen LogP contribution in [0, 0.1) is 10.5 Å². The number of ether oxygens (including phenoxy) is 2.